The molecule has 0 aliphatic rings. The number of carbonyl (C=O) groups excluding carboxylic acids is 1. The van der Waals surface area contributed by atoms with E-state index < -0.39 is 11.6 Å². The van der Waals surface area contributed by atoms with Crippen molar-refractivity contribution in [2.24, 2.45) is 0 Å². The number of oxazole rings is 1. The molecule has 1 heterocycles. The number of benzene rings is 1. The lowest BCUT2D eigenvalue weighted by atomic mass is 10.3. The molecule has 72 valence electrons. The Morgan fingerprint density at radius 2 is 2.29 bits per heavy atom. The minimum Gasteiger partial charge on any atom is -0.408 e. The molecule has 0 fully saturated rings. The monoisotopic (exact) mass is 195 g/mol. The van der Waals surface area contributed by atoms with Gasteiger partial charge in [-0.1, -0.05) is 0 Å². The van der Waals surface area contributed by atoms with Crippen LogP contribution in [0.25, 0.3) is 11.1 Å². The molecule has 0 atom stereocenters. The van der Waals surface area contributed by atoms with Crippen molar-refractivity contribution in [1.82, 2.24) is 4.57 Å². The number of nitrogens with zero attached hydrogens (tertiary/aromatic N) is 1. The summed E-state index contributed by atoms with van der Waals surface area (Å²) in [7, 11) is 0. The Labute approximate surface area is 77.6 Å². The van der Waals surface area contributed by atoms with Gasteiger partial charge in [-0.05, 0) is 12.1 Å². The van der Waals surface area contributed by atoms with Crippen LogP contribution in [-0.2, 0) is 11.3 Å². The van der Waals surface area contributed by atoms with E-state index in [0.29, 0.717) is 11.8 Å². The third kappa shape index (κ3) is 1.22. The van der Waals surface area contributed by atoms with Gasteiger partial charge in [-0.2, -0.15) is 0 Å². The van der Waals surface area contributed by atoms with Gasteiger partial charge >= 0.3 is 5.76 Å². The first-order valence-corrected chi connectivity index (χ1v) is 3.95. The second-order valence-corrected chi connectivity index (χ2v) is 2.76. The molecular formula is C9H6FNO3. The number of aldehydes is 1. The number of hydrogen-bond donors (Lipinski definition) is 0. The predicted molar refractivity (Wildman–Crippen MR) is 46.5 cm³/mol. The minimum atomic E-state index is -0.655. The van der Waals surface area contributed by atoms with Crippen molar-refractivity contribution >= 4 is 17.4 Å². The Kier molecular flexibility index (Phi) is 1.92. The van der Waals surface area contributed by atoms with Crippen molar-refractivity contribution < 1.29 is 13.6 Å². The molecule has 0 N–H and O–H groups in total. The van der Waals surface area contributed by atoms with Crippen LogP contribution in [-0.4, -0.2) is 10.9 Å². The van der Waals surface area contributed by atoms with Crippen molar-refractivity contribution in [3.8, 4) is 0 Å². The summed E-state index contributed by atoms with van der Waals surface area (Å²) in [6, 6.07) is 3.70. The van der Waals surface area contributed by atoms with E-state index >= 15 is 0 Å². The highest BCUT2D eigenvalue weighted by atomic mass is 19.1. The molecule has 1 aromatic heterocycles. The Morgan fingerprint density at radius 3 is 3.00 bits per heavy atom. The maximum absolute atomic E-state index is 12.8. The van der Waals surface area contributed by atoms with Gasteiger partial charge in [-0.3, -0.25) is 4.57 Å². The number of halogens is 1. The number of hydrogen-bond acceptors (Lipinski definition) is 3. The molecule has 0 spiro atoms. The molecule has 5 heteroatoms. The van der Waals surface area contributed by atoms with Crippen LogP contribution in [0.1, 0.15) is 0 Å². The Bertz CT molecular complexity index is 540. The lowest BCUT2D eigenvalue weighted by Gasteiger charge is -1.93. The van der Waals surface area contributed by atoms with Crippen molar-refractivity contribution in [2.75, 3.05) is 0 Å². The zero-order valence-electron chi connectivity index (χ0n) is 7.07. The van der Waals surface area contributed by atoms with E-state index in [1.54, 1.807) is 0 Å². The van der Waals surface area contributed by atoms with E-state index in [-0.39, 0.29) is 12.1 Å². The summed E-state index contributed by atoms with van der Waals surface area (Å²) in [6.45, 7) is -0.130. The van der Waals surface area contributed by atoms with E-state index in [1.807, 2.05) is 0 Å². The minimum absolute atomic E-state index is 0.130. The Morgan fingerprint density at radius 1 is 1.50 bits per heavy atom. The molecule has 1 aromatic carbocycles. The number of fused-ring (bicyclic) bond motifs is 1. The van der Waals surface area contributed by atoms with Gasteiger partial charge in [-0.15, -0.1) is 0 Å². The van der Waals surface area contributed by atoms with Crippen LogP contribution in [0, 0.1) is 5.82 Å². The first-order chi connectivity index (χ1) is 6.72. The number of aromatic nitrogens is 1. The quantitative estimate of drug-likeness (QED) is 0.670. The second-order valence-electron chi connectivity index (χ2n) is 2.76. The standard InChI is InChI=1S/C9H6FNO3/c10-6-1-2-8-7(5-6)11(3-4-12)9(13)14-8/h1-2,4-5H,3H2. The Balaban J connectivity index is 2.79. The molecule has 2 rings (SSSR count). The summed E-state index contributed by atoms with van der Waals surface area (Å²) >= 11 is 0. The molecule has 2 aromatic rings. The highest BCUT2D eigenvalue weighted by Crippen LogP contribution is 2.13. The molecule has 0 radical (unpaired) electrons. The van der Waals surface area contributed by atoms with Gasteiger partial charge in [0.2, 0.25) is 0 Å². The smallest absolute Gasteiger partial charge is 0.408 e. The molecule has 0 unspecified atom stereocenters. The lowest BCUT2D eigenvalue weighted by Crippen LogP contribution is -2.14. The van der Waals surface area contributed by atoms with Crippen molar-refractivity contribution in [1.29, 1.82) is 0 Å². The molecular weight excluding hydrogens is 189 g/mol. The van der Waals surface area contributed by atoms with E-state index in [4.69, 9.17) is 4.42 Å². The van der Waals surface area contributed by atoms with Gasteiger partial charge in [0.05, 0.1) is 12.1 Å². The molecule has 0 aliphatic heterocycles. The van der Waals surface area contributed by atoms with Crippen LogP contribution >= 0.6 is 0 Å². The van der Waals surface area contributed by atoms with Crippen molar-refractivity contribution in [3.05, 3.63) is 34.6 Å². The average Bonchev–Trinajstić information content (AvgIpc) is 2.45. The Hall–Kier alpha value is -1.91. The fourth-order valence-corrected chi connectivity index (χ4v) is 1.28. The second kappa shape index (κ2) is 3.10. The van der Waals surface area contributed by atoms with Gasteiger partial charge in [0.15, 0.2) is 5.58 Å². The topological polar surface area (TPSA) is 52.2 Å². The maximum Gasteiger partial charge on any atom is 0.420 e. The summed E-state index contributed by atoms with van der Waals surface area (Å²) in [4.78, 5) is 21.4. The molecule has 0 amide bonds. The molecule has 0 saturated carbocycles. The van der Waals surface area contributed by atoms with E-state index in [1.165, 1.54) is 12.1 Å². The summed E-state index contributed by atoms with van der Waals surface area (Å²) in [5.41, 5.74) is 0.570. The van der Waals surface area contributed by atoms with Gasteiger partial charge < -0.3 is 9.21 Å². The van der Waals surface area contributed by atoms with Crippen LogP contribution in [0.5, 0.6) is 0 Å². The average molecular weight is 195 g/mol. The van der Waals surface area contributed by atoms with Crippen LogP contribution in [0.3, 0.4) is 0 Å². The van der Waals surface area contributed by atoms with Gasteiger partial charge in [0.25, 0.3) is 0 Å². The van der Waals surface area contributed by atoms with Crippen LogP contribution in [0.4, 0.5) is 4.39 Å². The number of carbonyl (C=O) groups is 1. The summed E-state index contributed by atoms with van der Waals surface area (Å²) in [5, 5.41) is 0. The van der Waals surface area contributed by atoms with Gasteiger partial charge in [-0.25, -0.2) is 9.18 Å². The molecule has 0 aliphatic carbocycles. The molecule has 4 nitrogen and oxygen atoms in total. The van der Waals surface area contributed by atoms with Crippen molar-refractivity contribution in [2.45, 2.75) is 6.54 Å². The number of rotatable bonds is 2. The zero-order chi connectivity index (χ0) is 10.1. The lowest BCUT2D eigenvalue weighted by molar-refractivity contribution is -0.108. The van der Waals surface area contributed by atoms with Crippen LogP contribution in [0.2, 0.25) is 0 Å². The van der Waals surface area contributed by atoms with E-state index in [2.05, 4.69) is 0 Å². The highest BCUT2D eigenvalue weighted by Gasteiger charge is 2.08. The van der Waals surface area contributed by atoms with E-state index in [9.17, 15) is 14.0 Å². The van der Waals surface area contributed by atoms with E-state index in [0.717, 1.165) is 10.6 Å². The molecule has 14 heavy (non-hydrogen) atoms. The SMILES string of the molecule is O=CCn1c(=O)oc2ccc(F)cc21. The fraction of sp³-hybridized carbons (Fsp3) is 0.111. The zero-order valence-corrected chi connectivity index (χ0v) is 7.07. The van der Waals surface area contributed by atoms with Crippen LogP contribution < -0.4 is 5.76 Å². The summed E-state index contributed by atoms with van der Waals surface area (Å²) < 4.78 is 18.7. The molecule has 0 saturated heterocycles. The van der Waals surface area contributed by atoms with Crippen molar-refractivity contribution in [3.63, 3.8) is 0 Å². The fourth-order valence-electron chi connectivity index (χ4n) is 1.28. The third-order valence-electron chi connectivity index (χ3n) is 1.89. The first kappa shape index (κ1) is 8.68. The van der Waals surface area contributed by atoms with Gasteiger partial charge in [0, 0.05) is 6.07 Å². The third-order valence-corrected chi connectivity index (χ3v) is 1.89. The highest BCUT2D eigenvalue weighted by molar-refractivity contribution is 5.73. The summed E-state index contributed by atoms with van der Waals surface area (Å²) in [5.74, 6) is -1.13. The van der Waals surface area contributed by atoms with Crippen LogP contribution in [0.15, 0.2) is 27.4 Å². The first-order valence-electron chi connectivity index (χ1n) is 3.95. The predicted octanol–water partition coefficient (Wildman–Crippen LogP) is 0.933. The maximum atomic E-state index is 12.8. The molecule has 0 bridgehead atoms. The normalized spacial score (nSPS) is 10.6. The largest absolute Gasteiger partial charge is 0.420 e. The van der Waals surface area contributed by atoms with Gasteiger partial charge in [0.1, 0.15) is 12.1 Å². The summed E-state index contributed by atoms with van der Waals surface area (Å²) in [6.07, 6.45) is 0.557.